The molecule has 1 saturated heterocycles. The highest BCUT2D eigenvalue weighted by atomic mass is 32.2. The monoisotopic (exact) mass is 349 g/mol. The van der Waals surface area contributed by atoms with Crippen molar-refractivity contribution < 1.29 is 17.9 Å². The normalized spacial score (nSPS) is 19.0. The molecule has 2 aromatic rings. The van der Waals surface area contributed by atoms with Gasteiger partial charge in [-0.2, -0.15) is 4.31 Å². The lowest BCUT2D eigenvalue weighted by Gasteiger charge is -2.31. The zero-order valence-corrected chi connectivity index (χ0v) is 14.1. The number of sulfonamides is 1. The molecule has 24 heavy (non-hydrogen) atoms. The Morgan fingerprint density at radius 1 is 1.21 bits per heavy atom. The Kier molecular flexibility index (Phi) is 4.96. The van der Waals surface area contributed by atoms with Gasteiger partial charge in [-0.1, -0.05) is 0 Å². The minimum Gasteiger partial charge on any atom is -0.497 e. The fraction of sp³-hybridized carbons (Fsp3) is 0.375. The second kappa shape index (κ2) is 7.14. The van der Waals surface area contributed by atoms with Crippen LogP contribution in [0.1, 0.15) is 12.8 Å². The summed E-state index contributed by atoms with van der Waals surface area (Å²) in [4.78, 5) is 8.12. The predicted octanol–water partition coefficient (Wildman–Crippen LogP) is 1.72. The molecule has 8 heteroatoms. The lowest BCUT2D eigenvalue weighted by molar-refractivity contribution is 0.124. The van der Waals surface area contributed by atoms with Crippen LogP contribution in [0, 0.1) is 0 Å². The van der Waals surface area contributed by atoms with Gasteiger partial charge in [0.15, 0.2) is 0 Å². The van der Waals surface area contributed by atoms with Crippen LogP contribution in [0.15, 0.2) is 47.8 Å². The highest BCUT2D eigenvalue weighted by Gasteiger charge is 2.31. The molecule has 1 atom stereocenters. The molecule has 1 aromatic heterocycles. The summed E-state index contributed by atoms with van der Waals surface area (Å²) >= 11 is 0. The molecule has 0 aliphatic carbocycles. The SMILES string of the molecule is COc1ccc(S(=O)(=O)N2CCC[C@@H](Oc3ccncn3)C2)cc1. The summed E-state index contributed by atoms with van der Waals surface area (Å²) < 4.78 is 37.9. The molecule has 128 valence electrons. The number of piperidine rings is 1. The summed E-state index contributed by atoms with van der Waals surface area (Å²) in [6, 6.07) is 8.07. The van der Waals surface area contributed by atoms with Gasteiger partial charge in [0.2, 0.25) is 15.9 Å². The first-order chi connectivity index (χ1) is 11.6. The molecule has 2 heterocycles. The molecule has 7 nitrogen and oxygen atoms in total. The van der Waals surface area contributed by atoms with E-state index >= 15 is 0 Å². The number of nitrogens with zero attached hydrogens (tertiary/aromatic N) is 3. The van der Waals surface area contributed by atoms with Gasteiger partial charge < -0.3 is 9.47 Å². The molecule has 0 spiro atoms. The zero-order chi connectivity index (χ0) is 17.0. The number of methoxy groups -OCH3 is 1. The number of ether oxygens (including phenoxy) is 2. The Bertz CT molecular complexity index is 766. The van der Waals surface area contributed by atoms with Crippen molar-refractivity contribution in [1.29, 1.82) is 0 Å². The topological polar surface area (TPSA) is 81.6 Å². The van der Waals surface area contributed by atoms with Crippen molar-refractivity contribution >= 4 is 10.0 Å². The van der Waals surface area contributed by atoms with E-state index in [0.29, 0.717) is 24.7 Å². The van der Waals surface area contributed by atoms with Gasteiger partial charge in [-0.05, 0) is 37.1 Å². The number of aromatic nitrogens is 2. The molecule has 1 aromatic carbocycles. The molecule has 1 aliphatic heterocycles. The smallest absolute Gasteiger partial charge is 0.243 e. The zero-order valence-electron chi connectivity index (χ0n) is 13.3. The Morgan fingerprint density at radius 3 is 2.67 bits per heavy atom. The maximum absolute atomic E-state index is 12.8. The van der Waals surface area contributed by atoms with Gasteiger partial charge in [0.1, 0.15) is 18.2 Å². The number of hydrogen-bond acceptors (Lipinski definition) is 6. The Labute approximate surface area is 141 Å². The minimum absolute atomic E-state index is 0.221. The average molecular weight is 349 g/mol. The van der Waals surface area contributed by atoms with Crippen LogP contribution in [-0.4, -0.2) is 49.0 Å². The molecular weight excluding hydrogens is 330 g/mol. The summed E-state index contributed by atoms with van der Waals surface area (Å²) in [5.74, 6) is 1.08. The van der Waals surface area contributed by atoms with E-state index < -0.39 is 10.0 Å². The third-order valence-corrected chi connectivity index (χ3v) is 5.76. The van der Waals surface area contributed by atoms with Crippen LogP contribution in [0.3, 0.4) is 0 Å². The van der Waals surface area contributed by atoms with E-state index in [1.165, 1.54) is 10.6 Å². The number of benzene rings is 1. The van der Waals surface area contributed by atoms with Gasteiger partial charge in [-0.15, -0.1) is 0 Å². The second-order valence-electron chi connectivity index (χ2n) is 5.47. The quantitative estimate of drug-likeness (QED) is 0.817. The second-order valence-corrected chi connectivity index (χ2v) is 7.41. The molecule has 0 saturated carbocycles. The molecule has 0 bridgehead atoms. The molecule has 1 aliphatic rings. The van der Waals surface area contributed by atoms with Crippen LogP contribution in [0.2, 0.25) is 0 Å². The van der Waals surface area contributed by atoms with E-state index in [0.717, 1.165) is 12.8 Å². The standard InChI is InChI=1S/C16H19N3O4S/c1-22-13-4-6-15(7-5-13)24(20,21)19-10-2-3-14(11-19)23-16-8-9-17-12-18-16/h4-9,12,14H,2-3,10-11H2,1H3/t14-/m1/s1. The Balaban J connectivity index is 1.73. The van der Waals surface area contributed by atoms with E-state index in [4.69, 9.17) is 9.47 Å². The Morgan fingerprint density at radius 2 is 2.00 bits per heavy atom. The van der Waals surface area contributed by atoms with Crippen molar-refractivity contribution in [2.45, 2.75) is 23.8 Å². The van der Waals surface area contributed by atoms with E-state index in [1.54, 1.807) is 43.6 Å². The van der Waals surface area contributed by atoms with Crippen LogP contribution in [0.5, 0.6) is 11.6 Å². The highest BCUT2D eigenvalue weighted by molar-refractivity contribution is 7.89. The van der Waals surface area contributed by atoms with Crippen molar-refractivity contribution in [3.05, 3.63) is 42.9 Å². The first-order valence-corrected chi connectivity index (χ1v) is 9.10. The first kappa shape index (κ1) is 16.7. The molecule has 0 unspecified atom stereocenters. The van der Waals surface area contributed by atoms with Crippen LogP contribution in [-0.2, 0) is 10.0 Å². The minimum atomic E-state index is -3.55. The summed E-state index contributed by atoms with van der Waals surface area (Å²) in [6.07, 6.45) is 4.31. The van der Waals surface area contributed by atoms with E-state index in [-0.39, 0.29) is 11.0 Å². The van der Waals surface area contributed by atoms with Crippen LogP contribution in [0.25, 0.3) is 0 Å². The van der Waals surface area contributed by atoms with Crippen molar-refractivity contribution in [1.82, 2.24) is 14.3 Å². The number of rotatable bonds is 5. The summed E-state index contributed by atoms with van der Waals surface area (Å²) in [6.45, 7) is 0.788. The van der Waals surface area contributed by atoms with Crippen molar-refractivity contribution in [3.63, 3.8) is 0 Å². The maximum Gasteiger partial charge on any atom is 0.243 e. The molecule has 0 radical (unpaired) electrons. The van der Waals surface area contributed by atoms with E-state index in [9.17, 15) is 8.42 Å². The van der Waals surface area contributed by atoms with Crippen molar-refractivity contribution in [2.24, 2.45) is 0 Å². The third-order valence-electron chi connectivity index (χ3n) is 3.88. The largest absolute Gasteiger partial charge is 0.497 e. The summed E-state index contributed by atoms with van der Waals surface area (Å²) in [7, 11) is -2.00. The van der Waals surface area contributed by atoms with Crippen LogP contribution >= 0.6 is 0 Å². The lowest BCUT2D eigenvalue weighted by Crippen LogP contribution is -2.44. The van der Waals surface area contributed by atoms with Gasteiger partial charge in [0.05, 0.1) is 18.6 Å². The van der Waals surface area contributed by atoms with Crippen molar-refractivity contribution in [2.75, 3.05) is 20.2 Å². The summed E-state index contributed by atoms with van der Waals surface area (Å²) in [5.41, 5.74) is 0. The summed E-state index contributed by atoms with van der Waals surface area (Å²) in [5, 5.41) is 0. The maximum atomic E-state index is 12.8. The van der Waals surface area contributed by atoms with Gasteiger partial charge >= 0.3 is 0 Å². The van der Waals surface area contributed by atoms with E-state index in [2.05, 4.69) is 9.97 Å². The van der Waals surface area contributed by atoms with Crippen LogP contribution < -0.4 is 9.47 Å². The fourth-order valence-electron chi connectivity index (χ4n) is 2.64. The fourth-order valence-corrected chi connectivity index (χ4v) is 4.15. The molecule has 1 fully saturated rings. The van der Waals surface area contributed by atoms with Gasteiger partial charge in [0, 0.05) is 18.8 Å². The van der Waals surface area contributed by atoms with Crippen molar-refractivity contribution in [3.8, 4) is 11.6 Å². The van der Waals surface area contributed by atoms with Crippen LogP contribution in [0.4, 0.5) is 0 Å². The Hall–Kier alpha value is -2.19. The molecule has 0 amide bonds. The molecule has 0 N–H and O–H groups in total. The lowest BCUT2D eigenvalue weighted by atomic mass is 10.1. The van der Waals surface area contributed by atoms with Gasteiger partial charge in [-0.3, -0.25) is 0 Å². The predicted molar refractivity (Wildman–Crippen MR) is 87.4 cm³/mol. The first-order valence-electron chi connectivity index (χ1n) is 7.66. The highest BCUT2D eigenvalue weighted by Crippen LogP contribution is 2.24. The molecular formula is C16H19N3O4S. The van der Waals surface area contributed by atoms with Gasteiger partial charge in [0.25, 0.3) is 0 Å². The number of hydrogen-bond donors (Lipinski definition) is 0. The van der Waals surface area contributed by atoms with E-state index in [1.807, 2.05) is 0 Å². The van der Waals surface area contributed by atoms with Gasteiger partial charge in [-0.25, -0.2) is 18.4 Å². The third kappa shape index (κ3) is 3.65. The average Bonchev–Trinajstić information content (AvgIpc) is 2.63. The molecule has 3 rings (SSSR count).